The first-order valence-corrected chi connectivity index (χ1v) is 4.41. The van der Waals surface area contributed by atoms with Crippen LogP contribution in [0.2, 0.25) is 0 Å². The summed E-state index contributed by atoms with van der Waals surface area (Å²) in [6.45, 7) is 3.93. The minimum Gasteiger partial charge on any atom is -1.00 e. The summed E-state index contributed by atoms with van der Waals surface area (Å²) in [6, 6.07) is 0. The zero-order valence-corrected chi connectivity index (χ0v) is 8.60. The number of hydrogen-bond acceptors (Lipinski definition) is 1. The molecule has 1 atom stereocenters. The van der Waals surface area contributed by atoms with Gasteiger partial charge in [-0.25, -0.2) is 0 Å². The van der Waals surface area contributed by atoms with Crippen LogP contribution < -0.4 is 12.4 Å². The molecule has 0 saturated heterocycles. The van der Waals surface area contributed by atoms with E-state index in [0.29, 0.717) is 0 Å². The van der Waals surface area contributed by atoms with Gasteiger partial charge in [0.2, 0.25) is 0 Å². The van der Waals surface area contributed by atoms with Crippen molar-refractivity contribution in [3.8, 4) is 0 Å². The van der Waals surface area contributed by atoms with Crippen molar-refractivity contribution < 1.29 is 22.3 Å². The van der Waals surface area contributed by atoms with Gasteiger partial charge in [-0.3, -0.25) is 4.79 Å². The SMILES string of the molecule is CCCCCCC(C)C(=O)O.[Cl-]. The largest absolute Gasteiger partial charge is 1.00 e. The van der Waals surface area contributed by atoms with E-state index in [0.717, 1.165) is 12.8 Å². The summed E-state index contributed by atoms with van der Waals surface area (Å²) in [4.78, 5) is 10.4. The fraction of sp³-hybridized carbons (Fsp3) is 0.889. The summed E-state index contributed by atoms with van der Waals surface area (Å²) >= 11 is 0. The Kier molecular flexibility index (Phi) is 10.5. The van der Waals surface area contributed by atoms with E-state index in [1.807, 2.05) is 0 Å². The van der Waals surface area contributed by atoms with Crippen molar-refractivity contribution in [3.05, 3.63) is 0 Å². The predicted octanol–water partition coefficient (Wildman–Crippen LogP) is -0.318. The lowest BCUT2D eigenvalue weighted by Gasteiger charge is -2.04. The van der Waals surface area contributed by atoms with Crippen LogP contribution in [0.15, 0.2) is 0 Å². The molecule has 74 valence electrons. The number of aliphatic carboxylic acids is 1. The molecule has 0 bridgehead atoms. The highest BCUT2D eigenvalue weighted by atomic mass is 35.5. The van der Waals surface area contributed by atoms with Crippen LogP contribution in [-0.4, -0.2) is 11.1 Å². The topological polar surface area (TPSA) is 37.3 Å². The molecule has 0 aromatic carbocycles. The molecule has 0 radical (unpaired) electrons. The second-order valence-electron chi connectivity index (χ2n) is 3.09. The van der Waals surface area contributed by atoms with E-state index in [2.05, 4.69) is 6.92 Å². The van der Waals surface area contributed by atoms with Gasteiger partial charge in [-0.2, -0.15) is 0 Å². The number of rotatable bonds is 6. The standard InChI is InChI=1S/C9H18O2.ClH/c1-3-4-5-6-7-8(2)9(10)11;/h8H,3-7H2,1-2H3,(H,10,11);1H/p-1. The lowest BCUT2D eigenvalue weighted by atomic mass is 10.0. The fourth-order valence-electron chi connectivity index (χ4n) is 1.00. The minimum atomic E-state index is -0.665. The van der Waals surface area contributed by atoms with Gasteiger partial charge >= 0.3 is 5.97 Å². The second kappa shape index (κ2) is 8.85. The minimum absolute atomic E-state index is 0. The quantitative estimate of drug-likeness (QED) is 0.588. The first kappa shape index (κ1) is 14.3. The Hall–Kier alpha value is -0.240. The average Bonchev–Trinajstić information content (AvgIpc) is 1.97. The summed E-state index contributed by atoms with van der Waals surface area (Å²) in [5.74, 6) is -0.826. The zero-order chi connectivity index (χ0) is 8.69. The molecule has 0 aliphatic rings. The molecule has 0 rings (SSSR count). The summed E-state index contributed by atoms with van der Waals surface area (Å²) in [6.07, 6.45) is 5.50. The first-order chi connectivity index (χ1) is 5.18. The Labute approximate surface area is 80.8 Å². The van der Waals surface area contributed by atoms with Gasteiger partial charge in [0.1, 0.15) is 0 Å². The summed E-state index contributed by atoms with van der Waals surface area (Å²) in [5, 5.41) is 8.54. The molecule has 3 heteroatoms. The van der Waals surface area contributed by atoms with E-state index >= 15 is 0 Å². The van der Waals surface area contributed by atoms with Gasteiger partial charge in [0, 0.05) is 0 Å². The lowest BCUT2D eigenvalue weighted by Crippen LogP contribution is -3.00. The van der Waals surface area contributed by atoms with Crippen molar-refractivity contribution in [2.75, 3.05) is 0 Å². The van der Waals surface area contributed by atoms with Crippen LogP contribution in [0, 0.1) is 5.92 Å². The number of carbonyl (C=O) groups is 1. The number of carboxylic acid groups (broad SMARTS) is 1. The van der Waals surface area contributed by atoms with E-state index in [4.69, 9.17) is 5.11 Å². The third-order valence-corrected chi connectivity index (χ3v) is 1.91. The molecule has 0 amide bonds. The Morgan fingerprint density at radius 3 is 2.33 bits per heavy atom. The molecule has 0 aliphatic carbocycles. The van der Waals surface area contributed by atoms with Crippen molar-refractivity contribution in [3.63, 3.8) is 0 Å². The van der Waals surface area contributed by atoms with Gasteiger partial charge in [0.15, 0.2) is 0 Å². The third-order valence-electron chi connectivity index (χ3n) is 1.91. The van der Waals surface area contributed by atoms with E-state index < -0.39 is 5.97 Å². The molecular formula is C9H18ClO2-. The van der Waals surface area contributed by atoms with E-state index in [1.165, 1.54) is 19.3 Å². The summed E-state index contributed by atoms with van der Waals surface area (Å²) in [5.41, 5.74) is 0. The van der Waals surface area contributed by atoms with Crippen molar-refractivity contribution in [1.82, 2.24) is 0 Å². The van der Waals surface area contributed by atoms with E-state index in [1.54, 1.807) is 6.92 Å². The third kappa shape index (κ3) is 7.86. The molecule has 0 heterocycles. The van der Waals surface area contributed by atoms with Crippen LogP contribution in [0.3, 0.4) is 0 Å². The fourth-order valence-corrected chi connectivity index (χ4v) is 1.00. The molecule has 12 heavy (non-hydrogen) atoms. The predicted molar refractivity (Wildman–Crippen MR) is 45.6 cm³/mol. The van der Waals surface area contributed by atoms with Crippen LogP contribution >= 0.6 is 0 Å². The lowest BCUT2D eigenvalue weighted by molar-refractivity contribution is -0.141. The van der Waals surface area contributed by atoms with Gasteiger partial charge in [0.05, 0.1) is 5.92 Å². The van der Waals surface area contributed by atoms with Crippen molar-refractivity contribution in [2.24, 2.45) is 5.92 Å². The van der Waals surface area contributed by atoms with E-state index in [-0.39, 0.29) is 18.3 Å². The molecule has 0 spiro atoms. The molecule has 0 aromatic rings. The normalized spacial score (nSPS) is 11.8. The monoisotopic (exact) mass is 193 g/mol. The Bertz CT molecular complexity index is 115. The summed E-state index contributed by atoms with van der Waals surface area (Å²) < 4.78 is 0. The highest BCUT2D eigenvalue weighted by Gasteiger charge is 2.08. The molecule has 2 nitrogen and oxygen atoms in total. The van der Waals surface area contributed by atoms with E-state index in [9.17, 15) is 4.79 Å². The van der Waals surface area contributed by atoms with Crippen LogP contribution in [0.5, 0.6) is 0 Å². The molecule has 1 N–H and O–H groups in total. The number of halogens is 1. The van der Waals surface area contributed by atoms with Gasteiger partial charge < -0.3 is 17.5 Å². The van der Waals surface area contributed by atoms with Crippen LogP contribution in [0.4, 0.5) is 0 Å². The van der Waals surface area contributed by atoms with Gasteiger partial charge in [-0.1, -0.05) is 39.5 Å². The Balaban J connectivity index is 0. The Morgan fingerprint density at radius 1 is 1.33 bits per heavy atom. The van der Waals surface area contributed by atoms with Gasteiger partial charge in [-0.15, -0.1) is 0 Å². The molecule has 1 unspecified atom stereocenters. The Morgan fingerprint density at radius 2 is 1.92 bits per heavy atom. The zero-order valence-electron chi connectivity index (χ0n) is 7.85. The molecule has 0 saturated carbocycles. The number of unbranched alkanes of at least 4 members (excludes halogenated alkanes) is 3. The molecule has 0 aliphatic heterocycles. The molecule has 0 fully saturated rings. The summed E-state index contributed by atoms with van der Waals surface area (Å²) in [7, 11) is 0. The van der Waals surface area contributed by atoms with Crippen molar-refractivity contribution >= 4 is 5.97 Å². The highest BCUT2D eigenvalue weighted by molar-refractivity contribution is 5.69. The van der Waals surface area contributed by atoms with Crippen LogP contribution in [0.25, 0.3) is 0 Å². The van der Waals surface area contributed by atoms with Crippen molar-refractivity contribution in [1.29, 1.82) is 0 Å². The van der Waals surface area contributed by atoms with Gasteiger partial charge in [-0.05, 0) is 6.42 Å². The molecular weight excluding hydrogens is 176 g/mol. The maximum Gasteiger partial charge on any atom is 0.306 e. The van der Waals surface area contributed by atoms with Gasteiger partial charge in [0.25, 0.3) is 0 Å². The first-order valence-electron chi connectivity index (χ1n) is 4.41. The van der Waals surface area contributed by atoms with Crippen LogP contribution in [-0.2, 0) is 4.79 Å². The van der Waals surface area contributed by atoms with Crippen LogP contribution in [0.1, 0.15) is 46.0 Å². The maximum absolute atomic E-state index is 10.4. The maximum atomic E-state index is 10.4. The molecule has 0 aromatic heterocycles. The number of hydrogen-bond donors (Lipinski definition) is 1. The second-order valence-corrected chi connectivity index (χ2v) is 3.09. The van der Waals surface area contributed by atoms with Crippen molar-refractivity contribution in [2.45, 2.75) is 46.0 Å². The number of carboxylic acids is 1. The smallest absolute Gasteiger partial charge is 0.306 e. The average molecular weight is 194 g/mol. The highest BCUT2D eigenvalue weighted by Crippen LogP contribution is 2.09.